The summed E-state index contributed by atoms with van der Waals surface area (Å²) in [4.78, 5) is 43.8. The Bertz CT molecular complexity index is 1290. The van der Waals surface area contributed by atoms with Gasteiger partial charge in [-0.3, -0.25) is 14.4 Å². The van der Waals surface area contributed by atoms with Gasteiger partial charge in [0.25, 0.3) is 0 Å². The van der Waals surface area contributed by atoms with E-state index in [1.54, 1.807) is 30.8 Å². The molecule has 0 bridgehead atoms. The first-order valence-electron chi connectivity index (χ1n) is 14.2. The summed E-state index contributed by atoms with van der Waals surface area (Å²) in [5.41, 5.74) is 3.49. The summed E-state index contributed by atoms with van der Waals surface area (Å²) in [6, 6.07) is 26.1. The summed E-state index contributed by atoms with van der Waals surface area (Å²) in [7, 11) is 0. The molecular formula is C33H39N3O4S. The molecule has 0 atom stereocenters. The number of ether oxygens (including phenoxy) is 1. The lowest BCUT2D eigenvalue weighted by molar-refractivity contribution is -0.132. The number of carbonyl (C=O) groups is 3. The third-order valence-corrected chi connectivity index (χ3v) is 8.27. The first kappa shape index (κ1) is 30.2. The van der Waals surface area contributed by atoms with E-state index in [1.807, 2.05) is 52.3 Å². The van der Waals surface area contributed by atoms with Gasteiger partial charge in [0.1, 0.15) is 5.75 Å². The summed E-state index contributed by atoms with van der Waals surface area (Å²) in [6.45, 7) is 7.22. The highest BCUT2D eigenvalue weighted by Crippen LogP contribution is 2.25. The number of amides is 2. The molecule has 0 saturated carbocycles. The summed E-state index contributed by atoms with van der Waals surface area (Å²) in [5, 5.41) is 0. The molecule has 2 amide bonds. The van der Waals surface area contributed by atoms with Crippen LogP contribution in [0.15, 0.2) is 83.8 Å². The van der Waals surface area contributed by atoms with Gasteiger partial charge in [-0.15, -0.1) is 11.8 Å². The molecule has 41 heavy (non-hydrogen) atoms. The largest absolute Gasteiger partial charge is 0.427 e. The second-order valence-electron chi connectivity index (χ2n) is 10.2. The fraction of sp³-hybridized carbons (Fsp3) is 0.364. The second-order valence-corrected chi connectivity index (χ2v) is 11.4. The molecule has 0 aliphatic carbocycles. The smallest absolute Gasteiger partial charge is 0.308 e. The van der Waals surface area contributed by atoms with E-state index >= 15 is 0 Å². The molecule has 4 rings (SSSR count). The number of carbonyl (C=O) groups excluding carboxylic acids is 3. The Morgan fingerprint density at radius 2 is 1.54 bits per heavy atom. The van der Waals surface area contributed by atoms with Gasteiger partial charge in [0, 0.05) is 70.1 Å². The van der Waals surface area contributed by atoms with Crippen LogP contribution in [0.1, 0.15) is 37.8 Å². The number of anilines is 1. The maximum absolute atomic E-state index is 13.5. The SMILES string of the molecule is CC(=O)Oc1ccc(SCCCC(=O)N(CCc2ccccc2)Cc2ccccc2N2CCN(C(C)=O)CC2)cc1. The molecule has 1 aliphatic heterocycles. The Balaban J connectivity index is 1.37. The van der Waals surface area contributed by atoms with Crippen molar-refractivity contribution in [3.63, 3.8) is 0 Å². The number of para-hydroxylation sites is 1. The van der Waals surface area contributed by atoms with Gasteiger partial charge in [0.15, 0.2) is 0 Å². The summed E-state index contributed by atoms with van der Waals surface area (Å²) < 4.78 is 5.10. The maximum atomic E-state index is 13.5. The molecule has 0 radical (unpaired) electrons. The Labute approximate surface area is 247 Å². The highest BCUT2D eigenvalue weighted by molar-refractivity contribution is 7.99. The van der Waals surface area contributed by atoms with Crippen molar-refractivity contribution in [2.45, 2.75) is 44.6 Å². The van der Waals surface area contributed by atoms with E-state index in [4.69, 9.17) is 4.74 Å². The first-order valence-corrected chi connectivity index (χ1v) is 15.2. The average Bonchev–Trinajstić information content (AvgIpc) is 2.98. The monoisotopic (exact) mass is 573 g/mol. The number of esters is 1. The summed E-state index contributed by atoms with van der Waals surface area (Å²) in [6.07, 6.45) is 2.05. The number of thioether (sulfide) groups is 1. The third kappa shape index (κ3) is 9.39. The van der Waals surface area contributed by atoms with Crippen LogP contribution in [-0.4, -0.2) is 66.1 Å². The van der Waals surface area contributed by atoms with Crippen LogP contribution < -0.4 is 9.64 Å². The molecule has 1 aliphatic rings. The first-order chi connectivity index (χ1) is 19.9. The van der Waals surface area contributed by atoms with Crippen molar-refractivity contribution in [3.8, 4) is 5.75 Å². The van der Waals surface area contributed by atoms with Crippen LogP contribution in [0.2, 0.25) is 0 Å². The molecule has 0 unspecified atom stereocenters. The molecule has 0 N–H and O–H groups in total. The predicted molar refractivity (Wildman–Crippen MR) is 164 cm³/mol. The van der Waals surface area contributed by atoms with Gasteiger partial charge in [-0.25, -0.2) is 0 Å². The minimum atomic E-state index is -0.334. The number of hydrogen-bond donors (Lipinski definition) is 0. The van der Waals surface area contributed by atoms with E-state index < -0.39 is 0 Å². The maximum Gasteiger partial charge on any atom is 0.308 e. The topological polar surface area (TPSA) is 70.2 Å². The molecule has 1 saturated heterocycles. The third-order valence-electron chi connectivity index (χ3n) is 7.17. The Hall–Kier alpha value is -3.78. The fourth-order valence-electron chi connectivity index (χ4n) is 4.96. The Morgan fingerprint density at radius 3 is 2.22 bits per heavy atom. The zero-order chi connectivity index (χ0) is 29.0. The van der Waals surface area contributed by atoms with Gasteiger partial charge in [-0.2, -0.15) is 0 Å². The van der Waals surface area contributed by atoms with E-state index in [0.717, 1.165) is 47.8 Å². The van der Waals surface area contributed by atoms with E-state index in [2.05, 4.69) is 29.2 Å². The Morgan fingerprint density at radius 1 is 0.854 bits per heavy atom. The second kappa shape index (κ2) is 15.3. The van der Waals surface area contributed by atoms with Crippen LogP contribution in [0, 0.1) is 0 Å². The summed E-state index contributed by atoms with van der Waals surface area (Å²) >= 11 is 1.69. The lowest BCUT2D eigenvalue weighted by Crippen LogP contribution is -2.48. The molecule has 216 valence electrons. The predicted octanol–water partition coefficient (Wildman–Crippen LogP) is 5.42. The molecule has 3 aromatic carbocycles. The van der Waals surface area contributed by atoms with Crippen LogP contribution in [-0.2, 0) is 27.3 Å². The number of nitrogens with zero attached hydrogens (tertiary/aromatic N) is 3. The highest BCUT2D eigenvalue weighted by Gasteiger charge is 2.22. The number of benzene rings is 3. The van der Waals surface area contributed by atoms with Gasteiger partial charge >= 0.3 is 5.97 Å². The Kier molecular flexibility index (Phi) is 11.3. The normalized spacial score (nSPS) is 13.1. The average molecular weight is 574 g/mol. The van der Waals surface area contributed by atoms with Crippen LogP contribution in [0.4, 0.5) is 5.69 Å². The minimum absolute atomic E-state index is 0.118. The van der Waals surface area contributed by atoms with Crippen LogP contribution in [0.5, 0.6) is 5.75 Å². The van der Waals surface area contributed by atoms with Crippen LogP contribution in [0.3, 0.4) is 0 Å². The molecular weight excluding hydrogens is 534 g/mol. The van der Waals surface area contributed by atoms with Gasteiger partial charge in [-0.05, 0) is 60.1 Å². The van der Waals surface area contributed by atoms with E-state index in [1.165, 1.54) is 12.5 Å². The van der Waals surface area contributed by atoms with Crippen molar-refractivity contribution in [2.75, 3.05) is 43.4 Å². The van der Waals surface area contributed by atoms with Crippen molar-refractivity contribution in [1.82, 2.24) is 9.80 Å². The molecule has 1 heterocycles. The zero-order valence-corrected chi connectivity index (χ0v) is 24.8. The van der Waals surface area contributed by atoms with E-state index in [0.29, 0.717) is 38.3 Å². The van der Waals surface area contributed by atoms with Gasteiger partial charge in [-0.1, -0.05) is 48.5 Å². The van der Waals surface area contributed by atoms with Crippen molar-refractivity contribution >= 4 is 35.2 Å². The standard InChI is InChI=1S/C33H39N3O4S/c1-26(37)34-20-22-35(23-21-34)32-12-7-6-11-29(32)25-36(19-18-28-9-4-3-5-10-28)33(39)13-8-24-41-31-16-14-30(15-17-31)40-27(2)38/h3-7,9-12,14-17H,8,13,18-25H2,1-2H3. The zero-order valence-electron chi connectivity index (χ0n) is 24.0. The van der Waals surface area contributed by atoms with Gasteiger partial charge in [0.05, 0.1) is 0 Å². The van der Waals surface area contributed by atoms with Crippen molar-refractivity contribution in [3.05, 3.63) is 90.0 Å². The molecule has 7 nitrogen and oxygen atoms in total. The number of rotatable bonds is 12. The van der Waals surface area contributed by atoms with Crippen molar-refractivity contribution in [2.24, 2.45) is 0 Å². The van der Waals surface area contributed by atoms with E-state index in [-0.39, 0.29) is 17.8 Å². The molecule has 0 spiro atoms. The quantitative estimate of drug-likeness (QED) is 0.125. The molecule has 3 aromatic rings. The van der Waals surface area contributed by atoms with Crippen LogP contribution in [0.25, 0.3) is 0 Å². The summed E-state index contributed by atoms with van der Waals surface area (Å²) in [5.74, 6) is 1.30. The number of piperazine rings is 1. The minimum Gasteiger partial charge on any atom is -0.427 e. The van der Waals surface area contributed by atoms with Crippen molar-refractivity contribution < 1.29 is 19.1 Å². The molecule has 1 fully saturated rings. The molecule has 0 aromatic heterocycles. The number of hydrogen-bond acceptors (Lipinski definition) is 6. The fourth-order valence-corrected chi connectivity index (χ4v) is 5.82. The molecule has 8 heteroatoms. The van der Waals surface area contributed by atoms with Gasteiger partial charge < -0.3 is 19.4 Å². The van der Waals surface area contributed by atoms with Crippen molar-refractivity contribution in [1.29, 1.82) is 0 Å². The lowest BCUT2D eigenvalue weighted by atomic mass is 10.1. The highest BCUT2D eigenvalue weighted by atomic mass is 32.2. The van der Waals surface area contributed by atoms with Crippen LogP contribution >= 0.6 is 11.8 Å². The van der Waals surface area contributed by atoms with Gasteiger partial charge in [0.2, 0.25) is 11.8 Å². The van der Waals surface area contributed by atoms with E-state index in [9.17, 15) is 14.4 Å². The lowest BCUT2D eigenvalue weighted by Gasteiger charge is -2.37.